The van der Waals surface area contributed by atoms with Gasteiger partial charge in [0, 0.05) is 43.7 Å². The van der Waals surface area contributed by atoms with Gasteiger partial charge in [0.05, 0.1) is 19.6 Å². The zero-order chi connectivity index (χ0) is 30.6. The van der Waals surface area contributed by atoms with Gasteiger partial charge < -0.3 is 9.16 Å². The minimum atomic E-state index is -3.67. The normalized spacial score (nSPS) is 16.2. The van der Waals surface area contributed by atoms with E-state index in [0.29, 0.717) is 37.6 Å². The van der Waals surface area contributed by atoms with Gasteiger partial charge in [-0.25, -0.2) is 8.42 Å². The van der Waals surface area contributed by atoms with E-state index in [2.05, 4.69) is 79.6 Å². The highest BCUT2D eigenvalue weighted by Gasteiger charge is 2.46. The first kappa shape index (κ1) is 32.0. The van der Waals surface area contributed by atoms with Crippen LogP contribution in [-0.2, 0) is 34.0 Å². The molecule has 5 nitrogen and oxygen atoms in total. The molecule has 0 fully saturated rings. The lowest BCUT2D eigenvalue weighted by Crippen LogP contribution is -2.51. The van der Waals surface area contributed by atoms with Gasteiger partial charge in [-0.1, -0.05) is 84.2 Å². The van der Waals surface area contributed by atoms with Crippen LogP contribution in [0.2, 0.25) is 36.3 Å². The zero-order valence-corrected chi connectivity index (χ0v) is 29.9. The molecule has 2 heterocycles. The van der Waals surface area contributed by atoms with Crippen molar-refractivity contribution >= 4 is 31.6 Å². The molecule has 0 spiro atoms. The number of aryl methyl sites for hydroxylation is 1. The lowest BCUT2D eigenvalue weighted by Gasteiger charge is -2.39. The maximum absolute atomic E-state index is 13.9. The molecular weight excluding hydrogens is 563 g/mol. The van der Waals surface area contributed by atoms with Gasteiger partial charge in [-0.15, -0.1) is 0 Å². The largest absolute Gasteiger partial charge is 0.493 e. The van der Waals surface area contributed by atoms with Crippen molar-refractivity contribution in [1.29, 1.82) is 0 Å². The fourth-order valence-corrected chi connectivity index (χ4v) is 10.2. The first-order valence-electron chi connectivity index (χ1n) is 14.8. The van der Waals surface area contributed by atoms with Crippen LogP contribution in [0.3, 0.4) is 0 Å². The van der Waals surface area contributed by atoms with Crippen molar-refractivity contribution in [3.05, 3.63) is 52.1 Å². The maximum atomic E-state index is 13.9. The predicted molar refractivity (Wildman–Crippen MR) is 175 cm³/mol. The van der Waals surface area contributed by atoms with Crippen LogP contribution in [0.15, 0.2) is 29.2 Å². The number of nitrogens with zero attached hydrogens (tertiary/aromatic N) is 1. The van der Waals surface area contributed by atoms with E-state index in [0.717, 1.165) is 40.0 Å². The van der Waals surface area contributed by atoms with E-state index < -0.39 is 26.4 Å². The third-order valence-corrected chi connectivity index (χ3v) is 21.8. The van der Waals surface area contributed by atoms with Crippen molar-refractivity contribution in [2.75, 3.05) is 13.2 Å². The van der Waals surface area contributed by atoms with Gasteiger partial charge in [0.1, 0.15) is 5.75 Å². The van der Waals surface area contributed by atoms with Crippen LogP contribution in [0.4, 0.5) is 0 Å². The lowest BCUT2D eigenvalue weighted by molar-refractivity contribution is 0.296. The van der Waals surface area contributed by atoms with E-state index in [4.69, 9.17) is 9.16 Å². The molecule has 0 saturated carbocycles. The van der Waals surface area contributed by atoms with Crippen LogP contribution in [0.1, 0.15) is 75.8 Å². The molecule has 2 aliphatic rings. The molecule has 2 aromatic carbocycles. The molecule has 0 aliphatic carbocycles. The summed E-state index contributed by atoms with van der Waals surface area (Å²) in [6.07, 6.45) is 1.45. The van der Waals surface area contributed by atoms with Crippen molar-refractivity contribution in [3.8, 4) is 17.6 Å². The highest BCUT2D eigenvalue weighted by molar-refractivity contribution is 7.89. The van der Waals surface area contributed by atoms with Crippen LogP contribution < -0.4 is 9.92 Å². The zero-order valence-electron chi connectivity index (χ0n) is 27.0. The number of benzene rings is 2. The molecule has 41 heavy (non-hydrogen) atoms. The van der Waals surface area contributed by atoms with Crippen LogP contribution in [0.5, 0.6) is 5.75 Å². The summed E-state index contributed by atoms with van der Waals surface area (Å²) >= 11 is 0. The van der Waals surface area contributed by atoms with Crippen molar-refractivity contribution in [1.82, 2.24) is 4.31 Å². The summed E-state index contributed by atoms with van der Waals surface area (Å²) in [5, 5.41) is 1.50. The molecule has 0 amide bonds. The number of sulfonamides is 1. The standard InChI is InChI=1S/C33H49NO4SSi2/c1-24-15-17-25(18-16-24)39(35,36)34-22-28-26(14-12-13-20-38-41(10,11)33(5,6)7)27-19-21-37-30(27)31(29(28)23-34)40(8,9)32(2,3)4/h15-18H,13,19-23H2,1-11H3. The van der Waals surface area contributed by atoms with Gasteiger partial charge in [-0.3, -0.25) is 0 Å². The summed E-state index contributed by atoms with van der Waals surface area (Å²) in [5.41, 5.74) is 5.37. The number of ether oxygens (including phenoxy) is 1. The van der Waals surface area contributed by atoms with Crippen LogP contribution in [0, 0.1) is 18.8 Å². The molecule has 0 unspecified atom stereocenters. The Hall–Kier alpha value is -1.90. The van der Waals surface area contributed by atoms with Crippen molar-refractivity contribution in [2.24, 2.45) is 0 Å². The second-order valence-corrected chi connectivity index (χ2v) is 26.7. The summed E-state index contributed by atoms with van der Waals surface area (Å²) in [7, 11) is -7.59. The summed E-state index contributed by atoms with van der Waals surface area (Å²) in [5.74, 6) is 7.88. The Morgan fingerprint density at radius 1 is 0.927 bits per heavy atom. The Labute approximate surface area is 251 Å². The van der Waals surface area contributed by atoms with Gasteiger partial charge in [-0.2, -0.15) is 4.31 Å². The molecule has 4 rings (SSSR count). The Kier molecular flexibility index (Phi) is 8.58. The molecule has 0 radical (unpaired) electrons. The number of fused-ring (bicyclic) bond motifs is 2. The molecule has 0 saturated heterocycles. The summed E-state index contributed by atoms with van der Waals surface area (Å²) in [4.78, 5) is 0.337. The number of rotatable bonds is 6. The van der Waals surface area contributed by atoms with Crippen LogP contribution in [-0.4, -0.2) is 42.3 Å². The van der Waals surface area contributed by atoms with E-state index in [-0.39, 0.29) is 10.1 Å². The molecule has 8 heteroatoms. The van der Waals surface area contributed by atoms with E-state index in [1.165, 1.54) is 5.19 Å². The third-order valence-electron chi connectivity index (χ3n) is 9.91. The topological polar surface area (TPSA) is 55.8 Å². The second kappa shape index (κ2) is 11.0. The third kappa shape index (κ3) is 5.98. The van der Waals surface area contributed by atoms with Crippen molar-refractivity contribution in [3.63, 3.8) is 0 Å². The van der Waals surface area contributed by atoms with E-state index in [1.54, 1.807) is 16.4 Å². The quantitative estimate of drug-likeness (QED) is 0.198. The molecule has 224 valence electrons. The van der Waals surface area contributed by atoms with Crippen molar-refractivity contribution < 1.29 is 17.6 Å². The Bertz CT molecular complexity index is 1490. The molecule has 2 aliphatic heterocycles. The van der Waals surface area contributed by atoms with Crippen LogP contribution >= 0.6 is 0 Å². The molecule has 0 bridgehead atoms. The van der Waals surface area contributed by atoms with Gasteiger partial charge in [0.15, 0.2) is 8.32 Å². The van der Waals surface area contributed by atoms with Gasteiger partial charge in [0.2, 0.25) is 10.0 Å². The van der Waals surface area contributed by atoms with E-state index in [1.807, 2.05) is 19.1 Å². The van der Waals surface area contributed by atoms with Gasteiger partial charge in [-0.05, 0) is 58.5 Å². The fraction of sp³-hybridized carbons (Fsp3) is 0.576. The Balaban J connectivity index is 1.78. The molecule has 0 atom stereocenters. The Morgan fingerprint density at radius 2 is 1.54 bits per heavy atom. The van der Waals surface area contributed by atoms with Crippen LogP contribution in [0.25, 0.3) is 0 Å². The Morgan fingerprint density at radius 3 is 2.12 bits per heavy atom. The average molecular weight is 612 g/mol. The predicted octanol–water partition coefficient (Wildman–Crippen LogP) is 7.11. The molecule has 0 aromatic heterocycles. The minimum absolute atomic E-state index is 0.0675. The maximum Gasteiger partial charge on any atom is 0.243 e. The minimum Gasteiger partial charge on any atom is -0.493 e. The molecule has 0 N–H and O–H groups in total. The van der Waals surface area contributed by atoms with Gasteiger partial charge >= 0.3 is 0 Å². The second-order valence-electron chi connectivity index (χ2n) is 14.7. The molecular formula is C33H49NO4SSi2. The average Bonchev–Trinajstić information content (AvgIpc) is 3.50. The first-order chi connectivity index (χ1) is 18.8. The highest BCUT2D eigenvalue weighted by atomic mass is 32.2. The molecule has 2 aromatic rings. The number of hydrogen-bond acceptors (Lipinski definition) is 4. The lowest BCUT2D eigenvalue weighted by atomic mass is 9.96. The van der Waals surface area contributed by atoms with E-state index in [9.17, 15) is 8.42 Å². The number of hydrogen-bond donors (Lipinski definition) is 0. The SMILES string of the molecule is Cc1ccc(S(=O)(=O)N2Cc3c(C#CCCO[Si](C)(C)C(C)(C)C)c4c(c([Si](C)(C)C(C)(C)C)c3C2)OCC4)cc1. The monoisotopic (exact) mass is 611 g/mol. The van der Waals surface area contributed by atoms with Gasteiger partial charge in [0.25, 0.3) is 0 Å². The van der Waals surface area contributed by atoms with E-state index >= 15 is 0 Å². The smallest absolute Gasteiger partial charge is 0.243 e. The summed E-state index contributed by atoms with van der Waals surface area (Å²) in [6, 6.07) is 7.16. The summed E-state index contributed by atoms with van der Waals surface area (Å²) in [6.45, 7) is 26.9. The first-order valence-corrected chi connectivity index (χ1v) is 22.2. The van der Waals surface area contributed by atoms with Crippen molar-refractivity contribution in [2.45, 2.75) is 116 Å². The fourth-order valence-electron chi connectivity index (χ4n) is 5.24. The summed E-state index contributed by atoms with van der Waals surface area (Å²) < 4.78 is 42.1. The highest BCUT2D eigenvalue weighted by Crippen LogP contribution is 2.44.